The number of benzene rings is 1. The Kier molecular flexibility index (Phi) is 5.27. The molecular formula is C16H18N2O3S. The molecule has 0 spiro atoms. The van der Waals surface area contributed by atoms with Gasteiger partial charge in [-0.2, -0.15) is 0 Å². The molecule has 0 saturated heterocycles. The van der Waals surface area contributed by atoms with Gasteiger partial charge in [-0.3, -0.25) is 4.79 Å². The highest BCUT2D eigenvalue weighted by Crippen LogP contribution is 2.24. The fraction of sp³-hybridized carbons (Fsp3) is 0.312. The molecule has 0 radical (unpaired) electrons. The van der Waals surface area contributed by atoms with E-state index >= 15 is 0 Å². The van der Waals surface area contributed by atoms with Gasteiger partial charge in [-0.25, -0.2) is 9.78 Å². The van der Waals surface area contributed by atoms with Gasteiger partial charge in [-0.15, -0.1) is 11.3 Å². The van der Waals surface area contributed by atoms with Gasteiger partial charge in [-0.1, -0.05) is 44.2 Å². The van der Waals surface area contributed by atoms with Crippen LogP contribution in [0.15, 0.2) is 36.5 Å². The quantitative estimate of drug-likeness (QED) is 0.861. The predicted molar refractivity (Wildman–Crippen MR) is 85.7 cm³/mol. The van der Waals surface area contributed by atoms with E-state index in [0.717, 1.165) is 10.6 Å². The van der Waals surface area contributed by atoms with E-state index in [1.165, 1.54) is 24.6 Å². The topological polar surface area (TPSA) is 68.3 Å². The highest BCUT2D eigenvalue weighted by atomic mass is 32.1. The van der Waals surface area contributed by atoms with E-state index in [1.54, 1.807) is 0 Å². The highest BCUT2D eigenvalue weighted by molar-refractivity contribution is 7.16. The lowest BCUT2D eigenvalue weighted by atomic mass is 10.0. The number of aromatic nitrogens is 1. The van der Waals surface area contributed by atoms with E-state index < -0.39 is 12.0 Å². The summed E-state index contributed by atoms with van der Waals surface area (Å²) in [5.41, 5.74) is 0.958. The predicted octanol–water partition coefficient (Wildman–Crippen LogP) is 2.74. The summed E-state index contributed by atoms with van der Waals surface area (Å²) in [5.74, 6) is -0.821. The summed E-state index contributed by atoms with van der Waals surface area (Å²) in [4.78, 5) is 28.7. The Labute approximate surface area is 133 Å². The largest absolute Gasteiger partial charge is 0.467 e. The van der Waals surface area contributed by atoms with E-state index in [0.29, 0.717) is 4.88 Å². The minimum absolute atomic E-state index is 0.0575. The van der Waals surface area contributed by atoms with Crippen molar-refractivity contribution in [1.82, 2.24) is 10.3 Å². The van der Waals surface area contributed by atoms with Crippen LogP contribution in [-0.2, 0) is 9.53 Å². The number of carbonyl (C=O) groups excluding carboxylic acids is 2. The summed E-state index contributed by atoms with van der Waals surface area (Å²) in [5, 5.41) is 3.47. The number of thiazole rings is 1. The Morgan fingerprint density at radius 1 is 1.23 bits per heavy atom. The number of nitrogens with one attached hydrogen (secondary N) is 1. The van der Waals surface area contributed by atoms with Crippen LogP contribution in [0.3, 0.4) is 0 Å². The molecule has 1 unspecified atom stereocenters. The number of methoxy groups -OCH3 is 1. The monoisotopic (exact) mass is 318 g/mol. The van der Waals surface area contributed by atoms with E-state index in [4.69, 9.17) is 4.74 Å². The maximum absolute atomic E-state index is 12.3. The average Bonchev–Trinajstić information content (AvgIpc) is 3.02. The van der Waals surface area contributed by atoms with Gasteiger partial charge in [0.05, 0.1) is 13.3 Å². The molecule has 0 aliphatic carbocycles. The van der Waals surface area contributed by atoms with Crippen LogP contribution in [0.2, 0.25) is 0 Å². The number of nitrogens with zero attached hydrogens (tertiary/aromatic N) is 1. The van der Waals surface area contributed by atoms with Gasteiger partial charge in [0.1, 0.15) is 15.9 Å². The molecule has 1 amide bonds. The van der Waals surface area contributed by atoms with Crippen LogP contribution in [0.4, 0.5) is 0 Å². The zero-order valence-corrected chi connectivity index (χ0v) is 13.5. The molecule has 6 heteroatoms. The number of esters is 1. The van der Waals surface area contributed by atoms with Gasteiger partial charge >= 0.3 is 5.97 Å². The third-order valence-electron chi connectivity index (χ3n) is 3.16. The van der Waals surface area contributed by atoms with Crippen molar-refractivity contribution < 1.29 is 14.3 Å². The molecule has 0 aliphatic heterocycles. The molecule has 0 bridgehead atoms. The molecule has 116 valence electrons. The van der Waals surface area contributed by atoms with Crippen molar-refractivity contribution in [2.75, 3.05) is 7.11 Å². The van der Waals surface area contributed by atoms with Crippen LogP contribution in [0.5, 0.6) is 0 Å². The van der Waals surface area contributed by atoms with Crippen molar-refractivity contribution in [3.8, 4) is 10.6 Å². The summed E-state index contributed by atoms with van der Waals surface area (Å²) in [6, 6.07) is 8.97. The molecule has 5 nitrogen and oxygen atoms in total. The summed E-state index contributed by atoms with van der Waals surface area (Å²) < 4.78 is 4.72. The number of amides is 1. The third-order valence-corrected chi connectivity index (χ3v) is 4.20. The van der Waals surface area contributed by atoms with Gasteiger partial charge in [0.25, 0.3) is 5.91 Å². The van der Waals surface area contributed by atoms with Crippen molar-refractivity contribution in [2.45, 2.75) is 19.9 Å². The number of ether oxygens (including phenoxy) is 1. The lowest BCUT2D eigenvalue weighted by Gasteiger charge is -2.19. The molecule has 1 N–H and O–H groups in total. The first kappa shape index (κ1) is 16.2. The van der Waals surface area contributed by atoms with Crippen LogP contribution >= 0.6 is 11.3 Å². The van der Waals surface area contributed by atoms with Crippen molar-refractivity contribution in [3.05, 3.63) is 41.4 Å². The molecular weight excluding hydrogens is 300 g/mol. The molecule has 22 heavy (non-hydrogen) atoms. The number of rotatable bonds is 5. The second-order valence-electron chi connectivity index (χ2n) is 5.11. The second kappa shape index (κ2) is 7.17. The van der Waals surface area contributed by atoms with Crippen LogP contribution in [0, 0.1) is 5.92 Å². The Balaban J connectivity index is 2.13. The van der Waals surface area contributed by atoms with Crippen LogP contribution in [0.25, 0.3) is 10.6 Å². The summed E-state index contributed by atoms with van der Waals surface area (Å²) >= 11 is 1.29. The molecule has 1 atom stereocenters. The number of carbonyl (C=O) groups is 2. The van der Waals surface area contributed by atoms with Gasteiger partial charge < -0.3 is 10.1 Å². The molecule has 2 rings (SSSR count). The Morgan fingerprint density at radius 2 is 1.91 bits per heavy atom. The zero-order chi connectivity index (χ0) is 16.1. The van der Waals surface area contributed by atoms with E-state index in [2.05, 4.69) is 10.3 Å². The van der Waals surface area contributed by atoms with E-state index in [9.17, 15) is 9.59 Å². The second-order valence-corrected chi connectivity index (χ2v) is 6.14. The molecule has 0 aliphatic rings. The average molecular weight is 318 g/mol. The van der Waals surface area contributed by atoms with Crippen molar-refractivity contribution >= 4 is 23.2 Å². The smallest absolute Gasteiger partial charge is 0.328 e. The maximum atomic E-state index is 12.3. The first-order chi connectivity index (χ1) is 10.5. The molecule has 1 aromatic carbocycles. The van der Waals surface area contributed by atoms with Crippen molar-refractivity contribution in [3.63, 3.8) is 0 Å². The molecule has 0 saturated carbocycles. The third kappa shape index (κ3) is 3.71. The Hall–Kier alpha value is -2.21. The van der Waals surface area contributed by atoms with Crippen LogP contribution in [-0.4, -0.2) is 30.0 Å². The van der Waals surface area contributed by atoms with Gasteiger partial charge in [0, 0.05) is 5.56 Å². The van der Waals surface area contributed by atoms with Gasteiger partial charge in [0.2, 0.25) is 0 Å². The van der Waals surface area contributed by atoms with Crippen molar-refractivity contribution in [1.29, 1.82) is 0 Å². The lowest BCUT2D eigenvalue weighted by molar-refractivity contribution is -0.144. The van der Waals surface area contributed by atoms with Crippen LogP contribution < -0.4 is 5.32 Å². The van der Waals surface area contributed by atoms with Gasteiger partial charge in [0.15, 0.2) is 0 Å². The summed E-state index contributed by atoms with van der Waals surface area (Å²) in [6.07, 6.45) is 1.52. The van der Waals surface area contributed by atoms with Crippen LogP contribution in [0.1, 0.15) is 23.5 Å². The molecule has 2 aromatic rings. The van der Waals surface area contributed by atoms with E-state index in [-0.39, 0.29) is 11.8 Å². The first-order valence-electron chi connectivity index (χ1n) is 6.93. The zero-order valence-electron chi connectivity index (χ0n) is 12.7. The number of hydrogen-bond acceptors (Lipinski definition) is 5. The number of hydrogen-bond donors (Lipinski definition) is 1. The highest BCUT2D eigenvalue weighted by Gasteiger charge is 2.26. The maximum Gasteiger partial charge on any atom is 0.328 e. The first-order valence-corrected chi connectivity index (χ1v) is 7.74. The molecule has 0 fully saturated rings. The van der Waals surface area contributed by atoms with Gasteiger partial charge in [-0.05, 0) is 5.92 Å². The molecule has 1 aromatic heterocycles. The summed E-state index contributed by atoms with van der Waals surface area (Å²) in [7, 11) is 1.31. The molecule has 1 heterocycles. The van der Waals surface area contributed by atoms with E-state index in [1.807, 2.05) is 44.2 Å². The lowest BCUT2D eigenvalue weighted by Crippen LogP contribution is -2.44. The Morgan fingerprint density at radius 3 is 2.50 bits per heavy atom. The fourth-order valence-electron chi connectivity index (χ4n) is 1.93. The standard InChI is InChI=1S/C16H18N2O3S/c1-10(2)13(16(20)21-3)18-14(19)12-9-17-15(22-12)11-7-5-4-6-8-11/h4-10,13H,1-3H3,(H,18,19). The Bertz CT molecular complexity index is 652. The normalized spacial score (nSPS) is 12.0. The minimum Gasteiger partial charge on any atom is -0.467 e. The van der Waals surface area contributed by atoms with Crippen molar-refractivity contribution in [2.24, 2.45) is 5.92 Å². The fourth-order valence-corrected chi connectivity index (χ4v) is 2.76. The summed E-state index contributed by atoms with van der Waals surface area (Å²) in [6.45, 7) is 3.70. The SMILES string of the molecule is COC(=O)C(NC(=O)c1cnc(-c2ccccc2)s1)C(C)C. The minimum atomic E-state index is -0.667.